The van der Waals surface area contributed by atoms with Crippen LogP contribution in [0.3, 0.4) is 0 Å². The molecule has 1 N–H and O–H groups in total. The Morgan fingerprint density at radius 2 is 1.28 bits per heavy atom. The predicted octanol–water partition coefficient (Wildman–Crippen LogP) is 4.25. The number of ether oxygens (including phenoxy) is 1. The van der Waals surface area contributed by atoms with Gasteiger partial charge in [-0.25, -0.2) is 9.80 Å². The Morgan fingerprint density at radius 3 is 1.83 bits per heavy atom. The fourth-order valence-electron chi connectivity index (χ4n) is 2.96. The zero-order chi connectivity index (χ0) is 20.6. The summed E-state index contributed by atoms with van der Waals surface area (Å²) in [6.45, 7) is 1.90. The van der Waals surface area contributed by atoms with Crippen molar-refractivity contribution in [3.05, 3.63) is 108 Å². The highest BCUT2D eigenvalue weighted by Gasteiger charge is 2.28. The van der Waals surface area contributed by atoms with Crippen molar-refractivity contribution in [2.24, 2.45) is 0 Å². The van der Waals surface area contributed by atoms with Crippen LogP contribution in [0.25, 0.3) is 0 Å². The summed E-state index contributed by atoms with van der Waals surface area (Å²) in [6, 6.07) is 27.1. The second-order valence-corrected chi connectivity index (χ2v) is 6.76. The van der Waals surface area contributed by atoms with E-state index >= 15 is 0 Å². The first-order valence-corrected chi connectivity index (χ1v) is 9.46. The molecule has 0 aliphatic carbocycles. The van der Waals surface area contributed by atoms with Crippen molar-refractivity contribution in [3.8, 4) is 0 Å². The lowest BCUT2D eigenvalue weighted by atomic mass is 10.0. The topological polar surface area (TPSA) is 58.6 Å². The van der Waals surface area contributed by atoms with Crippen molar-refractivity contribution in [3.63, 3.8) is 0 Å². The van der Waals surface area contributed by atoms with Crippen LogP contribution in [0.5, 0.6) is 0 Å². The third-order valence-corrected chi connectivity index (χ3v) is 4.73. The molecule has 0 aliphatic rings. The lowest BCUT2D eigenvalue weighted by Crippen LogP contribution is -2.47. The number of benzene rings is 3. The van der Waals surface area contributed by atoms with Crippen LogP contribution in [-0.2, 0) is 4.74 Å². The third-order valence-electron chi connectivity index (χ3n) is 4.73. The van der Waals surface area contributed by atoms with Gasteiger partial charge in [0, 0.05) is 12.6 Å². The molecule has 0 fully saturated rings. The van der Waals surface area contributed by atoms with E-state index in [0.29, 0.717) is 11.1 Å². The maximum Gasteiger partial charge on any atom is 0.338 e. The van der Waals surface area contributed by atoms with E-state index in [0.717, 1.165) is 5.56 Å². The fourth-order valence-corrected chi connectivity index (χ4v) is 2.96. The summed E-state index contributed by atoms with van der Waals surface area (Å²) >= 11 is 0. The van der Waals surface area contributed by atoms with E-state index in [9.17, 15) is 9.59 Å². The number of rotatable bonds is 7. The smallest absolute Gasteiger partial charge is 0.338 e. The van der Waals surface area contributed by atoms with Crippen molar-refractivity contribution < 1.29 is 14.3 Å². The van der Waals surface area contributed by atoms with E-state index in [1.54, 1.807) is 48.5 Å². The first kappa shape index (κ1) is 20.3. The number of hydrazine groups is 1. The summed E-state index contributed by atoms with van der Waals surface area (Å²) in [5.41, 5.74) is 4.76. The highest BCUT2D eigenvalue weighted by atomic mass is 16.5. The van der Waals surface area contributed by atoms with E-state index in [1.807, 2.05) is 61.5 Å². The molecule has 0 heterocycles. The molecule has 0 unspecified atom stereocenters. The molecule has 0 saturated carbocycles. The normalized spacial score (nSPS) is 12.8. The molecule has 2 atom stereocenters. The number of nitrogens with one attached hydrogen (secondary N) is 1. The first-order valence-electron chi connectivity index (χ1n) is 9.46. The molecular weight excluding hydrogens is 364 g/mol. The maximum atomic E-state index is 12.7. The van der Waals surface area contributed by atoms with Gasteiger partial charge in [-0.1, -0.05) is 66.7 Å². The second-order valence-electron chi connectivity index (χ2n) is 6.76. The number of amides is 1. The van der Waals surface area contributed by atoms with Crippen LogP contribution >= 0.6 is 0 Å². The minimum atomic E-state index is -0.565. The molecule has 0 saturated heterocycles. The van der Waals surface area contributed by atoms with Gasteiger partial charge in [-0.2, -0.15) is 0 Å². The van der Waals surface area contributed by atoms with Crippen molar-refractivity contribution >= 4 is 11.9 Å². The molecule has 0 aliphatic heterocycles. The van der Waals surface area contributed by atoms with Crippen LogP contribution in [0.2, 0.25) is 0 Å². The van der Waals surface area contributed by atoms with Crippen molar-refractivity contribution in [2.75, 3.05) is 7.05 Å². The van der Waals surface area contributed by atoms with Crippen LogP contribution in [0.1, 0.15) is 39.3 Å². The maximum absolute atomic E-state index is 12.7. The van der Waals surface area contributed by atoms with E-state index in [-0.39, 0.29) is 11.9 Å². The molecule has 0 aromatic heterocycles. The van der Waals surface area contributed by atoms with Gasteiger partial charge in [0.1, 0.15) is 6.10 Å². The summed E-state index contributed by atoms with van der Waals surface area (Å²) in [4.78, 5) is 25.2. The Morgan fingerprint density at radius 1 is 0.793 bits per heavy atom. The molecule has 3 aromatic rings. The summed E-state index contributed by atoms with van der Waals surface area (Å²) < 4.78 is 5.86. The molecule has 0 radical (unpaired) electrons. The number of carbonyl (C=O) groups excluding carboxylic acids is 2. The molecule has 0 spiro atoms. The number of carbonyl (C=O) groups is 2. The zero-order valence-corrected chi connectivity index (χ0v) is 16.5. The molecule has 0 bridgehead atoms. The van der Waals surface area contributed by atoms with Crippen molar-refractivity contribution in [2.45, 2.75) is 19.1 Å². The van der Waals surface area contributed by atoms with Crippen LogP contribution in [0, 0.1) is 0 Å². The van der Waals surface area contributed by atoms with Gasteiger partial charge in [-0.15, -0.1) is 0 Å². The lowest BCUT2D eigenvalue weighted by Gasteiger charge is -2.32. The molecule has 148 valence electrons. The van der Waals surface area contributed by atoms with Crippen molar-refractivity contribution in [1.82, 2.24) is 10.4 Å². The summed E-state index contributed by atoms with van der Waals surface area (Å²) in [5, 5.41) is 1.67. The average Bonchev–Trinajstić information content (AvgIpc) is 2.78. The molecule has 5 heteroatoms. The summed E-state index contributed by atoms with van der Waals surface area (Å²) in [5.74, 6) is -0.629. The van der Waals surface area contributed by atoms with E-state index in [1.165, 1.54) is 0 Å². The van der Waals surface area contributed by atoms with Gasteiger partial charge in [0.2, 0.25) is 0 Å². The zero-order valence-electron chi connectivity index (χ0n) is 16.5. The Hall–Kier alpha value is -3.44. The number of hydrogen-bond donors (Lipinski definition) is 1. The van der Waals surface area contributed by atoms with Gasteiger partial charge in [0.25, 0.3) is 5.91 Å². The number of nitrogens with zero attached hydrogens (tertiary/aromatic N) is 1. The van der Waals surface area contributed by atoms with E-state index < -0.39 is 12.1 Å². The van der Waals surface area contributed by atoms with E-state index in [4.69, 9.17) is 4.74 Å². The fraction of sp³-hybridized carbons (Fsp3) is 0.167. The molecule has 5 nitrogen and oxygen atoms in total. The van der Waals surface area contributed by atoms with Crippen molar-refractivity contribution in [1.29, 1.82) is 0 Å². The highest BCUT2D eigenvalue weighted by molar-refractivity contribution is 5.93. The van der Waals surface area contributed by atoms with Gasteiger partial charge in [0.05, 0.1) is 11.6 Å². The minimum absolute atomic E-state index is 0.221. The van der Waals surface area contributed by atoms with Crippen LogP contribution in [0.4, 0.5) is 0 Å². The van der Waals surface area contributed by atoms with Gasteiger partial charge in [-0.3, -0.25) is 10.2 Å². The first-order chi connectivity index (χ1) is 14.1. The third kappa shape index (κ3) is 5.30. The largest absolute Gasteiger partial charge is 0.452 e. The molecule has 3 aromatic carbocycles. The Labute approximate surface area is 170 Å². The molecule has 1 amide bonds. The molecule has 29 heavy (non-hydrogen) atoms. The summed E-state index contributed by atoms with van der Waals surface area (Å²) in [6.07, 6.45) is -0.565. The quantitative estimate of drug-likeness (QED) is 0.486. The summed E-state index contributed by atoms with van der Waals surface area (Å²) in [7, 11) is 1.76. The van der Waals surface area contributed by atoms with Gasteiger partial charge >= 0.3 is 5.97 Å². The predicted molar refractivity (Wildman–Crippen MR) is 112 cm³/mol. The monoisotopic (exact) mass is 388 g/mol. The Kier molecular flexibility index (Phi) is 6.76. The SMILES string of the molecule is C[C@@H]([C@H](OC(=O)c1ccccc1)c1ccccc1)N(C)NC(=O)c1ccccc1. The van der Waals surface area contributed by atoms with Gasteiger partial charge < -0.3 is 4.74 Å². The molecular formula is C24H24N2O3. The number of esters is 1. The Bertz CT molecular complexity index is 930. The lowest BCUT2D eigenvalue weighted by molar-refractivity contribution is -0.00304. The van der Waals surface area contributed by atoms with Crippen LogP contribution < -0.4 is 5.43 Å². The van der Waals surface area contributed by atoms with Gasteiger partial charge in [-0.05, 0) is 36.8 Å². The standard InChI is InChI=1S/C24H24N2O3/c1-18(26(2)25-23(27)20-14-8-4-9-15-20)22(19-12-6-3-7-13-19)29-24(28)21-16-10-5-11-17-21/h3-18,22H,1-2H3,(H,25,27)/t18-,22-/m0/s1. The average molecular weight is 388 g/mol. The van der Waals surface area contributed by atoms with Gasteiger partial charge in [0.15, 0.2) is 0 Å². The minimum Gasteiger partial charge on any atom is -0.452 e. The Balaban J connectivity index is 1.78. The molecule has 3 rings (SSSR count). The highest BCUT2D eigenvalue weighted by Crippen LogP contribution is 2.25. The van der Waals surface area contributed by atoms with Crippen LogP contribution in [-0.4, -0.2) is 30.0 Å². The van der Waals surface area contributed by atoms with E-state index in [2.05, 4.69) is 5.43 Å². The van der Waals surface area contributed by atoms with Crippen LogP contribution in [0.15, 0.2) is 91.0 Å². The number of likely N-dealkylation sites (N-methyl/N-ethyl adjacent to an activating group) is 1. The number of hydrogen-bond acceptors (Lipinski definition) is 4. The second kappa shape index (κ2) is 9.66.